The van der Waals surface area contributed by atoms with Gasteiger partial charge >= 0.3 is 18.0 Å². The van der Waals surface area contributed by atoms with Crippen LogP contribution in [0.5, 0.6) is 0 Å². The molecule has 0 bridgehead atoms. The number of piperazine rings is 1. The summed E-state index contributed by atoms with van der Waals surface area (Å²) in [6.45, 7) is 7.01. The number of likely N-dealkylation sites (N-methyl/N-ethyl adjacent to an activating group) is 1. The van der Waals surface area contributed by atoms with E-state index in [0.717, 1.165) is 6.42 Å². The van der Waals surface area contributed by atoms with Crippen molar-refractivity contribution in [2.75, 3.05) is 52.9 Å². The van der Waals surface area contributed by atoms with Crippen LogP contribution < -0.4 is 10.6 Å². The van der Waals surface area contributed by atoms with E-state index in [2.05, 4.69) is 15.5 Å². The number of hydrogen-bond acceptors (Lipinski definition) is 5. The molecule has 0 saturated carbocycles. The van der Waals surface area contributed by atoms with Crippen molar-refractivity contribution in [1.29, 1.82) is 0 Å². The number of hydrogen-bond donors (Lipinski definition) is 2. The summed E-state index contributed by atoms with van der Waals surface area (Å²) in [5.74, 6) is -1.11. The highest BCUT2D eigenvalue weighted by molar-refractivity contribution is 5.95. The minimum Gasteiger partial charge on any atom is -0.463 e. The van der Waals surface area contributed by atoms with Gasteiger partial charge in [-0.2, -0.15) is 0 Å². The monoisotopic (exact) mass is 461 g/mol. The summed E-state index contributed by atoms with van der Waals surface area (Å²) in [5, 5.41) is 5.61. The number of carbonyl (C=O) groups excluding carboxylic acids is 3. The highest BCUT2D eigenvalue weighted by atomic mass is 19.1. The number of halogens is 1. The van der Waals surface area contributed by atoms with E-state index in [1.807, 2.05) is 6.92 Å². The van der Waals surface area contributed by atoms with Crippen LogP contribution in [0.1, 0.15) is 31.9 Å². The second kappa shape index (κ2) is 11.1. The number of amides is 4. The summed E-state index contributed by atoms with van der Waals surface area (Å²) in [7, 11) is 1.58. The van der Waals surface area contributed by atoms with Crippen molar-refractivity contribution >= 4 is 18.0 Å². The smallest absolute Gasteiger partial charge is 0.338 e. The highest BCUT2D eigenvalue weighted by Crippen LogP contribution is 2.32. The fourth-order valence-electron chi connectivity index (χ4n) is 4.01. The van der Waals surface area contributed by atoms with Crippen molar-refractivity contribution in [1.82, 2.24) is 25.3 Å². The molecule has 2 N–H and O–H groups in total. The first kappa shape index (κ1) is 24.5. The van der Waals surface area contributed by atoms with E-state index in [4.69, 9.17) is 4.74 Å². The van der Waals surface area contributed by atoms with Crippen molar-refractivity contribution in [2.45, 2.75) is 26.3 Å². The van der Waals surface area contributed by atoms with Crippen LogP contribution in [0.3, 0.4) is 0 Å². The molecule has 0 aliphatic carbocycles. The van der Waals surface area contributed by atoms with E-state index in [0.29, 0.717) is 45.0 Å². The predicted octanol–water partition coefficient (Wildman–Crippen LogP) is 2.08. The molecule has 3 rings (SSSR count). The zero-order chi connectivity index (χ0) is 24.0. The lowest BCUT2D eigenvalue weighted by Crippen LogP contribution is -2.54. The zero-order valence-corrected chi connectivity index (χ0v) is 19.4. The molecule has 2 aliphatic heterocycles. The highest BCUT2D eigenvalue weighted by Gasteiger charge is 2.38. The number of ether oxygens (including phenoxy) is 1. The fourth-order valence-corrected chi connectivity index (χ4v) is 4.01. The van der Waals surface area contributed by atoms with Crippen LogP contribution in [0, 0.1) is 5.82 Å². The second-order valence-corrected chi connectivity index (χ2v) is 8.04. The van der Waals surface area contributed by atoms with Crippen LogP contribution in [-0.2, 0) is 9.53 Å². The van der Waals surface area contributed by atoms with E-state index in [1.54, 1.807) is 37.1 Å². The van der Waals surface area contributed by atoms with Gasteiger partial charge in [0.2, 0.25) is 0 Å². The van der Waals surface area contributed by atoms with Crippen LogP contribution in [-0.4, -0.2) is 85.7 Å². The summed E-state index contributed by atoms with van der Waals surface area (Å²) in [6, 6.07) is 4.60. The standard InChI is InChI=1S/C23H32FN5O4/c1-4-10-25-22(31)29-13-11-28(12-14-29)15-18-19(21(30)33-5-2)20(26-23(32)27(18)3)16-8-6-7-9-17(16)24/h6-9,20H,4-5,10-15H2,1-3H3,(H,25,31)(H,26,32)/t20-/m1/s1. The summed E-state index contributed by atoms with van der Waals surface area (Å²) in [5.41, 5.74) is 0.887. The van der Waals surface area contributed by atoms with Crippen molar-refractivity contribution in [2.24, 2.45) is 0 Å². The largest absolute Gasteiger partial charge is 0.463 e. The Kier molecular flexibility index (Phi) is 8.26. The van der Waals surface area contributed by atoms with E-state index < -0.39 is 23.9 Å². The SMILES string of the molecule is CCCNC(=O)N1CCN(CC2=C(C(=O)OCC)[C@@H](c3ccccc3F)NC(=O)N2C)CC1. The number of esters is 1. The average Bonchev–Trinajstić information content (AvgIpc) is 2.81. The van der Waals surface area contributed by atoms with Gasteiger partial charge in [0.25, 0.3) is 0 Å². The van der Waals surface area contributed by atoms with E-state index in [9.17, 15) is 18.8 Å². The van der Waals surface area contributed by atoms with E-state index >= 15 is 0 Å². The van der Waals surface area contributed by atoms with Crippen molar-refractivity contribution in [3.05, 3.63) is 46.9 Å². The third kappa shape index (κ3) is 5.62. The quantitative estimate of drug-likeness (QED) is 0.607. The Bertz CT molecular complexity index is 914. The Morgan fingerprint density at radius 2 is 1.88 bits per heavy atom. The Morgan fingerprint density at radius 3 is 2.52 bits per heavy atom. The first-order valence-electron chi connectivity index (χ1n) is 11.3. The molecular formula is C23H32FN5O4. The van der Waals surface area contributed by atoms with Crippen LogP contribution in [0.15, 0.2) is 35.5 Å². The molecular weight excluding hydrogens is 429 g/mol. The minimum absolute atomic E-state index is 0.0864. The molecule has 1 aromatic rings. The molecule has 0 spiro atoms. The average molecular weight is 462 g/mol. The summed E-state index contributed by atoms with van der Waals surface area (Å²) in [4.78, 5) is 43.1. The van der Waals surface area contributed by atoms with Crippen LogP contribution in [0.25, 0.3) is 0 Å². The zero-order valence-electron chi connectivity index (χ0n) is 19.4. The van der Waals surface area contributed by atoms with Gasteiger partial charge < -0.3 is 20.3 Å². The lowest BCUT2D eigenvalue weighted by molar-refractivity contribution is -0.139. The second-order valence-electron chi connectivity index (χ2n) is 8.04. The number of urea groups is 2. The molecule has 1 atom stereocenters. The van der Waals surface area contributed by atoms with Gasteiger partial charge in [-0.3, -0.25) is 9.80 Å². The number of carbonyl (C=O) groups is 3. The van der Waals surface area contributed by atoms with Crippen LogP contribution >= 0.6 is 0 Å². The van der Waals surface area contributed by atoms with Crippen LogP contribution in [0.4, 0.5) is 14.0 Å². The molecule has 9 nitrogen and oxygen atoms in total. The lowest BCUT2D eigenvalue weighted by Gasteiger charge is -2.39. The van der Waals surface area contributed by atoms with Gasteiger partial charge in [-0.05, 0) is 19.4 Å². The van der Waals surface area contributed by atoms with E-state index in [-0.39, 0.29) is 23.8 Å². The normalized spacial score (nSPS) is 19.4. The minimum atomic E-state index is -0.954. The maximum absolute atomic E-state index is 14.6. The third-order valence-corrected chi connectivity index (χ3v) is 5.85. The Hall–Kier alpha value is -3.14. The maximum Gasteiger partial charge on any atom is 0.338 e. The van der Waals surface area contributed by atoms with Gasteiger partial charge in [-0.1, -0.05) is 25.1 Å². The van der Waals surface area contributed by atoms with Crippen LogP contribution in [0.2, 0.25) is 0 Å². The molecule has 10 heteroatoms. The molecule has 1 saturated heterocycles. The molecule has 180 valence electrons. The molecule has 33 heavy (non-hydrogen) atoms. The predicted molar refractivity (Wildman–Crippen MR) is 121 cm³/mol. The number of benzene rings is 1. The fraction of sp³-hybridized carbons (Fsp3) is 0.522. The van der Waals surface area contributed by atoms with Crippen molar-refractivity contribution < 1.29 is 23.5 Å². The number of nitrogens with one attached hydrogen (secondary N) is 2. The van der Waals surface area contributed by atoms with E-state index in [1.165, 1.54) is 11.0 Å². The first-order chi connectivity index (χ1) is 15.9. The number of nitrogens with zero attached hydrogens (tertiary/aromatic N) is 3. The summed E-state index contributed by atoms with van der Waals surface area (Å²) < 4.78 is 19.9. The van der Waals surface area contributed by atoms with Crippen molar-refractivity contribution in [3.63, 3.8) is 0 Å². The van der Waals surface area contributed by atoms with Gasteiger partial charge in [0, 0.05) is 57.6 Å². The molecule has 0 aromatic heterocycles. The molecule has 0 radical (unpaired) electrons. The molecule has 2 heterocycles. The third-order valence-electron chi connectivity index (χ3n) is 5.85. The first-order valence-corrected chi connectivity index (χ1v) is 11.3. The Morgan fingerprint density at radius 1 is 1.18 bits per heavy atom. The summed E-state index contributed by atoms with van der Waals surface area (Å²) in [6.07, 6.45) is 0.869. The van der Waals surface area contributed by atoms with Gasteiger partial charge in [0.15, 0.2) is 0 Å². The van der Waals surface area contributed by atoms with Crippen molar-refractivity contribution in [3.8, 4) is 0 Å². The summed E-state index contributed by atoms with van der Waals surface area (Å²) >= 11 is 0. The molecule has 4 amide bonds. The molecule has 1 fully saturated rings. The maximum atomic E-state index is 14.6. The van der Waals surface area contributed by atoms with Gasteiger partial charge in [0.1, 0.15) is 5.82 Å². The number of rotatable bonds is 7. The topological polar surface area (TPSA) is 94.2 Å². The lowest BCUT2D eigenvalue weighted by atomic mass is 9.94. The molecule has 1 aromatic carbocycles. The Labute approximate surface area is 193 Å². The van der Waals surface area contributed by atoms with Gasteiger partial charge in [-0.15, -0.1) is 0 Å². The Balaban J connectivity index is 1.86. The van der Waals surface area contributed by atoms with Gasteiger partial charge in [-0.25, -0.2) is 18.8 Å². The molecule has 2 aliphatic rings. The van der Waals surface area contributed by atoms with Gasteiger partial charge in [0.05, 0.1) is 18.2 Å². The molecule has 0 unspecified atom stereocenters.